The molecule has 0 saturated heterocycles. The molecule has 5 heteroatoms. The van der Waals surface area contributed by atoms with Gasteiger partial charge in [-0.05, 0) is 51.9 Å². The number of fused-ring (bicyclic) bond motifs is 1. The van der Waals surface area contributed by atoms with E-state index in [1.165, 1.54) is 10.5 Å². The van der Waals surface area contributed by atoms with Gasteiger partial charge in [-0.2, -0.15) is 0 Å². The fraction of sp³-hybridized carbons (Fsp3) is 0.143. The summed E-state index contributed by atoms with van der Waals surface area (Å²) < 4.78 is 0. The quantitative estimate of drug-likeness (QED) is 0.600. The van der Waals surface area contributed by atoms with Crippen LogP contribution in [0, 0.1) is 0 Å². The molecular weight excluding hydrogens is 244 g/mol. The third kappa shape index (κ3) is 2.48. The molecule has 0 nitrogen and oxygen atoms in total. The molecule has 0 aliphatic carbocycles. The lowest BCUT2D eigenvalue weighted by atomic mass is 10.2. The van der Waals surface area contributed by atoms with Crippen molar-refractivity contribution in [2.45, 2.75) is 10.6 Å². The van der Waals surface area contributed by atoms with E-state index in [1.54, 1.807) is 0 Å². The first-order valence-electron chi connectivity index (χ1n) is 3.34. The van der Waals surface area contributed by atoms with Crippen LogP contribution in [-0.2, 0) is 5.75 Å². The van der Waals surface area contributed by atoms with Crippen molar-refractivity contribution in [3.63, 3.8) is 0 Å². The SMILES string of the molecule is c1ccc2c(c1)CSSSSS2. The molecule has 0 bridgehead atoms. The summed E-state index contributed by atoms with van der Waals surface area (Å²) in [6.07, 6.45) is 0. The predicted octanol–water partition coefficient (Wildman–Crippen LogP) is 4.89. The van der Waals surface area contributed by atoms with Crippen LogP contribution in [0.1, 0.15) is 5.56 Å². The minimum atomic E-state index is 1.13. The normalized spacial score (nSPS) is 17.7. The van der Waals surface area contributed by atoms with Crippen LogP contribution in [-0.4, -0.2) is 0 Å². The van der Waals surface area contributed by atoms with E-state index in [-0.39, 0.29) is 0 Å². The average Bonchev–Trinajstić information content (AvgIpc) is 2.06. The lowest BCUT2D eigenvalue weighted by Gasteiger charge is -2.09. The standard InChI is InChI=1S/C7H6S5/c1-2-4-7-6(3-1)5-8-10-12-11-9-7/h1-4H,5H2. The fourth-order valence-corrected chi connectivity index (χ4v) is 9.60. The van der Waals surface area contributed by atoms with Crippen LogP contribution in [0.4, 0.5) is 0 Å². The summed E-state index contributed by atoms with van der Waals surface area (Å²) in [6, 6.07) is 8.64. The highest BCUT2D eigenvalue weighted by atomic mass is 33.8. The Hall–Kier alpha value is 0.970. The molecule has 0 radical (unpaired) electrons. The van der Waals surface area contributed by atoms with Crippen LogP contribution in [0.3, 0.4) is 0 Å². The lowest BCUT2D eigenvalue weighted by Crippen LogP contribution is -1.82. The van der Waals surface area contributed by atoms with Crippen LogP contribution >= 0.6 is 51.1 Å². The van der Waals surface area contributed by atoms with E-state index in [4.69, 9.17) is 0 Å². The van der Waals surface area contributed by atoms with Crippen molar-refractivity contribution in [3.8, 4) is 0 Å². The Balaban J connectivity index is 2.24. The Bertz CT molecular complexity index is 235. The van der Waals surface area contributed by atoms with Crippen molar-refractivity contribution in [2.75, 3.05) is 0 Å². The van der Waals surface area contributed by atoms with Gasteiger partial charge in [-0.3, -0.25) is 0 Å². The molecule has 0 unspecified atom stereocenters. The van der Waals surface area contributed by atoms with Crippen molar-refractivity contribution >= 4 is 51.1 Å². The maximum atomic E-state index is 2.21. The smallest absolute Gasteiger partial charge is 0.0308 e. The van der Waals surface area contributed by atoms with Gasteiger partial charge in [0.2, 0.25) is 0 Å². The highest BCUT2D eigenvalue weighted by molar-refractivity contribution is 9.35. The molecule has 2 rings (SSSR count). The van der Waals surface area contributed by atoms with Gasteiger partial charge in [0, 0.05) is 10.6 Å². The minimum Gasteiger partial charge on any atom is -0.0768 e. The molecule has 1 aliphatic heterocycles. The monoisotopic (exact) mass is 250 g/mol. The molecule has 0 spiro atoms. The first-order chi connectivity index (χ1) is 5.97. The number of hydrogen-bond acceptors (Lipinski definition) is 5. The van der Waals surface area contributed by atoms with Gasteiger partial charge in [0.05, 0.1) is 0 Å². The first-order valence-corrected chi connectivity index (χ1v) is 9.66. The molecule has 1 aromatic rings. The number of rotatable bonds is 0. The van der Waals surface area contributed by atoms with Crippen LogP contribution in [0.25, 0.3) is 0 Å². The molecule has 0 fully saturated rings. The van der Waals surface area contributed by atoms with E-state index >= 15 is 0 Å². The Morgan fingerprint density at radius 2 is 1.92 bits per heavy atom. The van der Waals surface area contributed by atoms with Gasteiger partial charge in [-0.25, -0.2) is 0 Å². The Morgan fingerprint density at radius 1 is 1.00 bits per heavy atom. The van der Waals surface area contributed by atoms with Crippen molar-refractivity contribution in [1.29, 1.82) is 0 Å². The molecule has 0 atom stereocenters. The molecule has 12 heavy (non-hydrogen) atoms. The molecule has 64 valence electrons. The molecule has 1 heterocycles. The summed E-state index contributed by atoms with van der Waals surface area (Å²) >= 11 is 0. The second-order valence-corrected chi connectivity index (χ2v) is 9.80. The van der Waals surface area contributed by atoms with Gasteiger partial charge in [-0.1, -0.05) is 29.0 Å². The average molecular weight is 250 g/mol. The van der Waals surface area contributed by atoms with E-state index < -0.39 is 0 Å². The van der Waals surface area contributed by atoms with E-state index in [1.807, 2.05) is 51.1 Å². The molecule has 0 saturated carbocycles. The summed E-state index contributed by atoms with van der Waals surface area (Å²) in [5, 5.41) is 0. The number of benzene rings is 1. The van der Waals surface area contributed by atoms with E-state index in [2.05, 4.69) is 24.3 Å². The molecule has 0 N–H and O–H groups in total. The molecule has 1 aromatic carbocycles. The van der Waals surface area contributed by atoms with Crippen molar-refractivity contribution in [3.05, 3.63) is 29.8 Å². The maximum Gasteiger partial charge on any atom is 0.0308 e. The Morgan fingerprint density at radius 3 is 2.92 bits per heavy atom. The number of hydrogen-bond donors (Lipinski definition) is 0. The van der Waals surface area contributed by atoms with Crippen molar-refractivity contribution in [2.24, 2.45) is 0 Å². The lowest BCUT2D eigenvalue weighted by molar-refractivity contribution is 1.28. The largest absolute Gasteiger partial charge is 0.0768 e. The topological polar surface area (TPSA) is 0 Å². The van der Waals surface area contributed by atoms with Gasteiger partial charge in [-0.15, -0.1) is 0 Å². The first kappa shape index (κ1) is 9.52. The van der Waals surface area contributed by atoms with Crippen molar-refractivity contribution in [1.82, 2.24) is 0 Å². The predicted molar refractivity (Wildman–Crippen MR) is 66.4 cm³/mol. The fourth-order valence-electron chi connectivity index (χ4n) is 0.873. The third-order valence-corrected chi connectivity index (χ3v) is 9.89. The van der Waals surface area contributed by atoms with E-state index in [0.29, 0.717) is 0 Å². The Labute approximate surface area is 91.0 Å². The molecule has 0 aromatic heterocycles. The summed E-state index contributed by atoms with van der Waals surface area (Å²) in [5.41, 5.74) is 1.47. The highest BCUT2D eigenvalue weighted by Gasteiger charge is 2.07. The highest BCUT2D eigenvalue weighted by Crippen LogP contribution is 2.54. The molecular formula is C7H6S5. The van der Waals surface area contributed by atoms with E-state index in [9.17, 15) is 0 Å². The summed E-state index contributed by atoms with van der Waals surface area (Å²) in [6.45, 7) is 0. The summed E-state index contributed by atoms with van der Waals surface area (Å²) in [5.74, 6) is 1.13. The van der Waals surface area contributed by atoms with Gasteiger partial charge >= 0.3 is 0 Å². The van der Waals surface area contributed by atoms with Gasteiger partial charge < -0.3 is 0 Å². The van der Waals surface area contributed by atoms with Crippen LogP contribution < -0.4 is 0 Å². The van der Waals surface area contributed by atoms with Gasteiger partial charge in [0.15, 0.2) is 0 Å². The van der Waals surface area contributed by atoms with E-state index in [0.717, 1.165) is 5.75 Å². The minimum absolute atomic E-state index is 1.13. The zero-order chi connectivity index (χ0) is 8.23. The Kier molecular flexibility index (Phi) is 3.97. The second kappa shape index (κ2) is 5.00. The van der Waals surface area contributed by atoms with Gasteiger partial charge in [0.25, 0.3) is 0 Å². The summed E-state index contributed by atoms with van der Waals surface area (Å²) in [4.78, 5) is 1.42. The van der Waals surface area contributed by atoms with Crippen molar-refractivity contribution < 1.29 is 0 Å². The van der Waals surface area contributed by atoms with Gasteiger partial charge in [0.1, 0.15) is 0 Å². The van der Waals surface area contributed by atoms with Crippen LogP contribution in [0.15, 0.2) is 29.2 Å². The zero-order valence-electron chi connectivity index (χ0n) is 6.06. The van der Waals surface area contributed by atoms with Crippen LogP contribution in [0.5, 0.6) is 0 Å². The molecule has 1 aliphatic rings. The zero-order valence-corrected chi connectivity index (χ0v) is 10.1. The summed E-state index contributed by atoms with van der Waals surface area (Å²) in [7, 11) is 9.35. The third-order valence-electron chi connectivity index (χ3n) is 1.41. The molecule has 0 amide bonds. The van der Waals surface area contributed by atoms with Crippen LogP contribution in [0.2, 0.25) is 0 Å². The maximum absolute atomic E-state index is 2.21. The second-order valence-electron chi connectivity index (χ2n) is 2.16.